The van der Waals surface area contributed by atoms with Crippen molar-refractivity contribution in [2.75, 3.05) is 6.54 Å². The zero-order valence-corrected chi connectivity index (χ0v) is 15.8. The van der Waals surface area contributed by atoms with Crippen molar-refractivity contribution >= 4 is 27.8 Å². The van der Waals surface area contributed by atoms with E-state index >= 15 is 0 Å². The van der Waals surface area contributed by atoms with Gasteiger partial charge in [0.25, 0.3) is 0 Å². The Hall–Kier alpha value is -3.08. The summed E-state index contributed by atoms with van der Waals surface area (Å²) in [5.41, 5.74) is 3.19. The molecule has 1 aliphatic rings. The molecule has 0 saturated carbocycles. The first-order valence-electron chi connectivity index (χ1n) is 10.1. The summed E-state index contributed by atoms with van der Waals surface area (Å²) in [6.45, 7) is 1.52. The number of benzene rings is 2. The molecule has 2 aromatic heterocycles. The zero-order chi connectivity index (χ0) is 18.9. The monoisotopic (exact) mass is 372 g/mol. The molecule has 0 unspecified atom stereocenters. The molecule has 28 heavy (non-hydrogen) atoms. The third-order valence-electron chi connectivity index (χ3n) is 5.79. The van der Waals surface area contributed by atoms with Crippen molar-refractivity contribution in [3.05, 3.63) is 66.6 Å². The van der Waals surface area contributed by atoms with Crippen LogP contribution in [0.1, 0.15) is 37.5 Å². The van der Waals surface area contributed by atoms with Gasteiger partial charge in [-0.2, -0.15) is 0 Å². The molecule has 1 amide bonds. The van der Waals surface area contributed by atoms with Crippen LogP contribution in [0.15, 0.2) is 60.8 Å². The minimum atomic E-state index is 0.0510. The van der Waals surface area contributed by atoms with Crippen LogP contribution in [-0.4, -0.2) is 31.9 Å². The number of H-pyrrole nitrogens is 1. The van der Waals surface area contributed by atoms with Gasteiger partial charge in [0, 0.05) is 31.2 Å². The van der Waals surface area contributed by atoms with Crippen LogP contribution in [0.4, 0.5) is 0 Å². The second-order valence-corrected chi connectivity index (χ2v) is 7.56. The molecule has 2 aromatic carbocycles. The third kappa shape index (κ3) is 3.07. The van der Waals surface area contributed by atoms with Gasteiger partial charge < -0.3 is 14.5 Å². The summed E-state index contributed by atoms with van der Waals surface area (Å²) in [5.74, 6) is 1.13. The summed E-state index contributed by atoms with van der Waals surface area (Å²) in [4.78, 5) is 23.3. The van der Waals surface area contributed by atoms with E-state index in [9.17, 15) is 4.79 Å². The van der Waals surface area contributed by atoms with E-state index in [0.29, 0.717) is 13.0 Å². The third-order valence-corrected chi connectivity index (χ3v) is 5.79. The lowest BCUT2D eigenvalue weighted by Gasteiger charge is -2.34. The number of carbonyl (C=O) groups is 1. The second-order valence-electron chi connectivity index (χ2n) is 7.56. The Kier molecular flexibility index (Phi) is 4.35. The molecule has 1 saturated heterocycles. The van der Waals surface area contributed by atoms with Crippen LogP contribution >= 0.6 is 0 Å². The fourth-order valence-electron chi connectivity index (χ4n) is 4.34. The molecule has 142 valence electrons. The van der Waals surface area contributed by atoms with Crippen molar-refractivity contribution in [2.45, 2.75) is 38.3 Å². The average molecular weight is 372 g/mol. The number of fused-ring (bicyclic) bond motifs is 2. The van der Waals surface area contributed by atoms with Crippen LogP contribution in [0, 0.1) is 0 Å². The van der Waals surface area contributed by atoms with E-state index in [-0.39, 0.29) is 11.9 Å². The summed E-state index contributed by atoms with van der Waals surface area (Å²) in [6.07, 6.45) is 5.75. The number of aromatic nitrogens is 3. The Bertz CT molecular complexity index is 1090. The van der Waals surface area contributed by atoms with E-state index in [1.165, 1.54) is 10.9 Å². The van der Waals surface area contributed by atoms with E-state index in [0.717, 1.165) is 42.7 Å². The molecule has 0 spiro atoms. The maximum absolute atomic E-state index is 13.1. The zero-order valence-electron chi connectivity index (χ0n) is 15.8. The molecular weight excluding hydrogens is 348 g/mol. The molecular formula is C23H24N4O. The molecule has 1 atom stereocenters. The van der Waals surface area contributed by atoms with E-state index < -0.39 is 0 Å². The van der Waals surface area contributed by atoms with Crippen molar-refractivity contribution in [1.29, 1.82) is 0 Å². The highest BCUT2D eigenvalue weighted by atomic mass is 16.2. The first-order chi connectivity index (χ1) is 13.8. The lowest BCUT2D eigenvalue weighted by molar-refractivity contribution is -0.135. The minimum Gasteiger partial charge on any atom is -0.347 e. The number of aryl methyl sites for hydroxylation is 1. The number of carbonyl (C=O) groups excluding carboxylic acids is 1. The number of amides is 1. The number of imidazole rings is 1. The number of likely N-dealkylation sites (tertiary alicyclic amines) is 1. The number of piperidine rings is 1. The Morgan fingerprint density at radius 1 is 1.07 bits per heavy atom. The Labute approximate surface area is 164 Å². The first-order valence-corrected chi connectivity index (χ1v) is 10.1. The predicted molar refractivity (Wildman–Crippen MR) is 111 cm³/mol. The fraction of sp³-hybridized carbons (Fsp3) is 0.304. The summed E-state index contributed by atoms with van der Waals surface area (Å²) < 4.78 is 2.17. The average Bonchev–Trinajstić information content (AvgIpc) is 3.36. The summed E-state index contributed by atoms with van der Waals surface area (Å²) in [6, 6.07) is 18.5. The lowest BCUT2D eigenvalue weighted by atomic mass is 10.0. The van der Waals surface area contributed by atoms with E-state index in [4.69, 9.17) is 4.98 Å². The van der Waals surface area contributed by atoms with E-state index in [1.54, 1.807) is 0 Å². The van der Waals surface area contributed by atoms with Crippen LogP contribution in [0.25, 0.3) is 21.9 Å². The highest BCUT2D eigenvalue weighted by Crippen LogP contribution is 2.31. The summed E-state index contributed by atoms with van der Waals surface area (Å²) >= 11 is 0. The van der Waals surface area contributed by atoms with Gasteiger partial charge in [0.2, 0.25) is 5.91 Å². The lowest BCUT2D eigenvalue weighted by Crippen LogP contribution is -2.39. The molecule has 0 radical (unpaired) electrons. The smallest absolute Gasteiger partial charge is 0.224 e. The molecule has 5 rings (SSSR count). The second kappa shape index (κ2) is 7.15. The highest BCUT2D eigenvalue weighted by Gasteiger charge is 2.29. The van der Waals surface area contributed by atoms with Crippen molar-refractivity contribution in [1.82, 2.24) is 19.4 Å². The van der Waals surface area contributed by atoms with Gasteiger partial charge in [-0.15, -0.1) is 0 Å². The fourth-order valence-corrected chi connectivity index (χ4v) is 4.34. The van der Waals surface area contributed by atoms with Crippen LogP contribution < -0.4 is 0 Å². The maximum Gasteiger partial charge on any atom is 0.224 e. The summed E-state index contributed by atoms with van der Waals surface area (Å²) in [5, 5.41) is 1.22. The number of aromatic amines is 1. The molecule has 0 aliphatic carbocycles. The standard InChI is InChI=1S/C23H24N4O/c28-22(13-16-26-15-12-17-7-1-4-10-20(17)26)27-14-6-5-11-21(27)23-24-18-8-2-3-9-19(18)25-23/h1-4,7-10,12,15,21H,5-6,11,13-14,16H2,(H,24,25)/t21-/m1/s1. The summed E-state index contributed by atoms with van der Waals surface area (Å²) in [7, 11) is 0. The maximum atomic E-state index is 13.1. The van der Waals surface area contributed by atoms with Gasteiger partial charge in [-0.1, -0.05) is 30.3 Å². The number of para-hydroxylation sites is 3. The van der Waals surface area contributed by atoms with Crippen LogP contribution in [0.2, 0.25) is 0 Å². The molecule has 1 fully saturated rings. The highest BCUT2D eigenvalue weighted by molar-refractivity contribution is 5.81. The molecule has 3 heterocycles. The molecule has 5 heteroatoms. The van der Waals surface area contributed by atoms with Gasteiger partial charge in [-0.3, -0.25) is 4.79 Å². The quantitative estimate of drug-likeness (QED) is 0.566. The van der Waals surface area contributed by atoms with Gasteiger partial charge in [0.05, 0.1) is 17.1 Å². The van der Waals surface area contributed by atoms with Gasteiger partial charge in [-0.05, 0) is 48.9 Å². The van der Waals surface area contributed by atoms with Crippen LogP contribution in [-0.2, 0) is 11.3 Å². The Morgan fingerprint density at radius 2 is 1.93 bits per heavy atom. The molecule has 1 N–H and O–H groups in total. The van der Waals surface area contributed by atoms with Crippen LogP contribution in [0.3, 0.4) is 0 Å². The Balaban J connectivity index is 1.34. The molecule has 1 aliphatic heterocycles. The van der Waals surface area contributed by atoms with E-state index in [1.807, 2.05) is 41.3 Å². The first kappa shape index (κ1) is 17.0. The molecule has 5 nitrogen and oxygen atoms in total. The minimum absolute atomic E-state index is 0.0510. The van der Waals surface area contributed by atoms with Crippen LogP contribution in [0.5, 0.6) is 0 Å². The number of nitrogens with zero attached hydrogens (tertiary/aromatic N) is 3. The van der Waals surface area contributed by atoms with Gasteiger partial charge in [-0.25, -0.2) is 4.98 Å². The SMILES string of the molecule is O=C(CCn1ccc2ccccc21)N1CCCC[C@@H]1c1nc2ccccc2[nH]1. The predicted octanol–water partition coefficient (Wildman–Crippen LogP) is 4.66. The number of hydrogen-bond acceptors (Lipinski definition) is 2. The normalized spacial score (nSPS) is 17.4. The van der Waals surface area contributed by atoms with Crippen molar-refractivity contribution < 1.29 is 4.79 Å². The van der Waals surface area contributed by atoms with Crippen molar-refractivity contribution in [2.24, 2.45) is 0 Å². The number of nitrogens with one attached hydrogen (secondary N) is 1. The largest absolute Gasteiger partial charge is 0.347 e. The van der Waals surface area contributed by atoms with Gasteiger partial charge in [0.15, 0.2) is 0 Å². The molecule has 4 aromatic rings. The number of rotatable bonds is 4. The Morgan fingerprint density at radius 3 is 2.86 bits per heavy atom. The van der Waals surface area contributed by atoms with Gasteiger partial charge >= 0.3 is 0 Å². The number of hydrogen-bond donors (Lipinski definition) is 1. The van der Waals surface area contributed by atoms with Crippen molar-refractivity contribution in [3.8, 4) is 0 Å². The van der Waals surface area contributed by atoms with Gasteiger partial charge in [0.1, 0.15) is 5.82 Å². The topological polar surface area (TPSA) is 53.9 Å². The van der Waals surface area contributed by atoms with E-state index in [2.05, 4.69) is 33.9 Å². The van der Waals surface area contributed by atoms with Crippen molar-refractivity contribution in [3.63, 3.8) is 0 Å². The molecule has 0 bridgehead atoms.